The number of carbonyl (C=O) groups is 2. The van der Waals surface area contributed by atoms with Gasteiger partial charge in [-0.3, -0.25) is 14.5 Å². The second kappa shape index (κ2) is 8.14. The number of anilines is 2. The molecule has 1 atom stereocenters. The fraction of sp³-hybridized carbons (Fsp3) is 0.200. The lowest BCUT2D eigenvalue weighted by Crippen LogP contribution is -2.67. The summed E-state index contributed by atoms with van der Waals surface area (Å²) in [6.45, 7) is 1.98. The Morgan fingerprint density at radius 3 is 2.16 bits per heavy atom. The number of ether oxygens (including phenoxy) is 2. The van der Waals surface area contributed by atoms with Crippen LogP contribution in [0.25, 0.3) is 0 Å². The molecule has 1 saturated heterocycles. The summed E-state index contributed by atoms with van der Waals surface area (Å²) in [5.41, 5.74) is 1.69. The second-order valence-electron chi connectivity index (χ2n) is 7.46. The first-order valence-corrected chi connectivity index (χ1v) is 9.99. The smallest absolute Gasteiger partial charge is 0.256 e. The van der Waals surface area contributed by atoms with Crippen LogP contribution >= 0.6 is 0 Å². The molecule has 0 aliphatic carbocycles. The van der Waals surface area contributed by atoms with Gasteiger partial charge in [0.2, 0.25) is 5.91 Å². The maximum absolute atomic E-state index is 13.8. The molecular formula is C25H24N2O4. The predicted octanol–water partition coefficient (Wildman–Crippen LogP) is 4.28. The van der Waals surface area contributed by atoms with Gasteiger partial charge in [0, 0.05) is 0 Å². The molecule has 6 heteroatoms. The van der Waals surface area contributed by atoms with E-state index in [1.54, 1.807) is 38.5 Å². The highest BCUT2D eigenvalue weighted by atomic mass is 16.5. The van der Waals surface area contributed by atoms with Crippen LogP contribution in [0.4, 0.5) is 11.4 Å². The minimum atomic E-state index is -1.21. The Balaban J connectivity index is 1.84. The Bertz CT molecular complexity index is 1130. The van der Waals surface area contributed by atoms with Crippen molar-refractivity contribution in [3.8, 4) is 11.5 Å². The SMILES string of the molecule is COc1ccccc1NC(=O)C1(c2ccc(C)cc2)CC(=O)N1c1ccccc1OC. The summed E-state index contributed by atoms with van der Waals surface area (Å²) in [5, 5.41) is 2.98. The van der Waals surface area contributed by atoms with Crippen molar-refractivity contribution in [3.05, 3.63) is 83.9 Å². The van der Waals surface area contributed by atoms with Gasteiger partial charge in [0.1, 0.15) is 11.5 Å². The molecule has 0 saturated carbocycles. The number of nitrogens with zero attached hydrogens (tertiary/aromatic N) is 1. The maximum atomic E-state index is 13.8. The van der Waals surface area contributed by atoms with E-state index in [4.69, 9.17) is 9.47 Å². The van der Waals surface area contributed by atoms with Crippen molar-refractivity contribution in [1.82, 2.24) is 0 Å². The minimum absolute atomic E-state index is 0.0507. The summed E-state index contributed by atoms with van der Waals surface area (Å²) in [6.07, 6.45) is 0.0507. The fourth-order valence-corrected chi connectivity index (χ4v) is 4.00. The van der Waals surface area contributed by atoms with E-state index in [-0.39, 0.29) is 18.2 Å². The Hall–Kier alpha value is -3.80. The molecule has 1 fully saturated rings. The topological polar surface area (TPSA) is 67.9 Å². The Morgan fingerprint density at radius 1 is 0.903 bits per heavy atom. The molecule has 0 bridgehead atoms. The van der Waals surface area contributed by atoms with Gasteiger partial charge >= 0.3 is 0 Å². The summed E-state index contributed by atoms with van der Waals surface area (Å²) >= 11 is 0. The molecule has 6 nitrogen and oxygen atoms in total. The van der Waals surface area contributed by atoms with E-state index in [0.29, 0.717) is 22.9 Å². The third-order valence-electron chi connectivity index (χ3n) is 5.62. The minimum Gasteiger partial charge on any atom is -0.495 e. The number of benzene rings is 3. The van der Waals surface area contributed by atoms with E-state index < -0.39 is 5.54 Å². The van der Waals surface area contributed by atoms with Crippen molar-refractivity contribution in [2.24, 2.45) is 0 Å². The Labute approximate surface area is 181 Å². The summed E-state index contributed by atoms with van der Waals surface area (Å²) in [5.74, 6) is 0.605. The molecule has 3 aromatic rings. The van der Waals surface area contributed by atoms with Gasteiger partial charge in [0.05, 0.1) is 32.0 Å². The molecule has 3 aromatic carbocycles. The van der Waals surface area contributed by atoms with Crippen LogP contribution in [0.5, 0.6) is 11.5 Å². The monoisotopic (exact) mass is 416 g/mol. The number of rotatable bonds is 6. The zero-order chi connectivity index (χ0) is 22.0. The Kier molecular flexibility index (Phi) is 5.38. The molecule has 1 aliphatic rings. The van der Waals surface area contributed by atoms with Crippen molar-refractivity contribution < 1.29 is 19.1 Å². The molecule has 1 aliphatic heterocycles. The molecular weight excluding hydrogens is 392 g/mol. The third kappa shape index (κ3) is 3.40. The molecule has 1 N–H and O–H groups in total. The lowest BCUT2D eigenvalue weighted by molar-refractivity contribution is -0.137. The predicted molar refractivity (Wildman–Crippen MR) is 120 cm³/mol. The van der Waals surface area contributed by atoms with E-state index in [9.17, 15) is 9.59 Å². The molecule has 2 amide bonds. The van der Waals surface area contributed by atoms with Crippen molar-refractivity contribution in [2.75, 3.05) is 24.4 Å². The highest BCUT2D eigenvalue weighted by Gasteiger charge is 2.59. The average Bonchev–Trinajstić information content (AvgIpc) is 2.78. The summed E-state index contributed by atoms with van der Waals surface area (Å²) in [4.78, 5) is 28.2. The molecule has 1 heterocycles. The third-order valence-corrected chi connectivity index (χ3v) is 5.62. The number of aryl methyl sites for hydroxylation is 1. The van der Waals surface area contributed by atoms with E-state index in [1.165, 1.54) is 4.90 Å². The molecule has 158 valence electrons. The van der Waals surface area contributed by atoms with Crippen LogP contribution in [0.3, 0.4) is 0 Å². The van der Waals surface area contributed by atoms with Gasteiger partial charge in [-0.15, -0.1) is 0 Å². The number of amides is 2. The van der Waals surface area contributed by atoms with Gasteiger partial charge in [-0.25, -0.2) is 0 Å². The number of nitrogens with one attached hydrogen (secondary N) is 1. The quantitative estimate of drug-likeness (QED) is 0.609. The number of methoxy groups -OCH3 is 2. The summed E-state index contributed by atoms with van der Waals surface area (Å²) in [6, 6.07) is 22.1. The van der Waals surface area contributed by atoms with Crippen LogP contribution in [0.2, 0.25) is 0 Å². The number of β-lactam (4-membered cyclic amide) rings is 1. The van der Waals surface area contributed by atoms with Crippen molar-refractivity contribution >= 4 is 23.2 Å². The van der Waals surface area contributed by atoms with Crippen LogP contribution in [-0.4, -0.2) is 26.0 Å². The molecule has 1 unspecified atom stereocenters. The van der Waals surface area contributed by atoms with E-state index >= 15 is 0 Å². The first kappa shape index (κ1) is 20.5. The standard InChI is InChI=1S/C25H24N2O4/c1-17-12-14-18(15-13-17)25(24(29)26-19-8-4-6-10-21(19)30-2)16-23(28)27(25)20-9-5-7-11-22(20)31-3/h4-15H,16H2,1-3H3,(H,26,29). The van der Waals surface area contributed by atoms with E-state index in [2.05, 4.69) is 5.32 Å². The van der Waals surface area contributed by atoms with Crippen LogP contribution < -0.4 is 19.7 Å². The lowest BCUT2D eigenvalue weighted by Gasteiger charge is -2.50. The van der Waals surface area contributed by atoms with Gasteiger partial charge in [-0.2, -0.15) is 0 Å². The summed E-state index contributed by atoms with van der Waals surface area (Å²) in [7, 11) is 3.10. The van der Waals surface area contributed by atoms with Crippen molar-refractivity contribution in [2.45, 2.75) is 18.9 Å². The Morgan fingerprint density at radius 2 is 1.52 bits per heavy atom. The zero-order valence-corrected chi connectivity index (χ0v) is 17.7. The van der Waals surface area contributed by atoms with Gasteiger partial charge in [-0.1, -0.05) is 54.1 Å². The maximum Gasteiger partial charge on any atom is 0.256 e. The van der Waals surface area contributed by atoms with Crippen LogP contribution in [-0.2, 0) is 15.1 Å². The van der Waals surface area contributed by atoms with Crippen molar-refractivity contribution in [3.63, 3.8) is 0 Å². The number of carbonyl (C=O) groups excluding carboxylic acids is 2. The van der Waals surface area contributed by atoms with Gasteiger partial charge < -0.3 is 14.8 Å². The molecule has 31 heavy (non-hydrogen) atoms. The van der Waals surface area contributed by atoms with Crippen molar-refractivity contribution in [1.29, 1.82) is 0 Å². The van der Waals surface area contributed by atoms with E-state index in [1.807, 2.05) is 55.5 Å². The van der Waals surface area contributed by atoms with E-state index in [0.717, 1.165) is 11.1 Å². The first-order valence-electron chi connectivity index (χ1n) is 9.99. The van der Waals surface area contributed by atoms with Crippen LogP contribution in [0.1, 0.15) is 17.5 Å². The summed E-state index contributed by atoms with van der Waals surface area (Å²) < 4.78 is 10.9. The fourth-order valence-electron chi connectivity index (χ4n) is 4.00. The second-order valence-corrected chi connectivity index (χ2v) is 7.46. The molecule has 0 aromatic heterocycles. The number of hydrogen-bond acceptors (Lipinski definition) is 4. The largest absolute Gasteiger partial charge is 0.495 e. The van der Waals surface area contributed by atoms with Crippen LogP contribution in [0, 0.1) is 6.92 Å². The zero-order valence-electron chi connectivity index (χ0n) is 17.7. The average molecular weight is 416 g/mol. The normalized spacial score (nSPS) is 17.6. The van der Waals surface area contributed by atoms with Crippen LogP contribution in [0.15, 0.2) is 72.8 Å². The van der Waals surface area contributed by atoms with Gasteiger partial charge in [-0.05, 0) is 36.8 Å². The molecule has 0 radical (unpaired) electrons. The van der Waals surface area contributed by atoms with Gasteiger partial charge in [0.15, 0.2) is 5.54 Å². The molecule has 0 spiro atoms. The first-order chi connectivity index (χ1) is 15.0. The number of para-hydroxylation sites is 4. The van der Waals surface area contributed by atoms with Gasteiger partial charge in [0.25, 0.3) is 5.91 Å². The highest BCUT2D eigenvalue weighted by molar-refractivity contribution is 6.17. The molecule has 4 rings (SSSR count). The number of hydrogen-bond donors (Lipinski definition) is 1. The highest BCUT2D eigenvalue weighted by Crippen LogP contribution is 2.48. The lowest BCUT2D eigenvalue weighted by atomic mass is 9.75.